The Morgan fingerprint density at radius 1 is 1.07 bits per heavy atom. The highest BCUT2D eigenvalue weighted by atomic mass is 32.1. The van der Waals surface area contributed by atoms with E-state index in [1.54, 1.807) is 0 Å². The van der Waals surface area contributed by atoms with Crippen molar-refractivity contribution >= 4 is 17.3 Å². The Labute approximate surface area is 165 Å². The van der Waals surface area contributed by atoms with Gasteiger partial charge in [0.2, 0.25) is 0 Å². The smallest absolute Gasteiger partial charge is 0.170 e. The summed E-state index contributed by atoms with van der Waals surface area (Å²) in [6.07, 6.45) is 4.02. The first-order chi connectivity index (χ1) is 13.3. The van der Waals surface area contributed by atoms with Gasteiger partial charge in [-0.15, -0.1) is 0 Å². The highest BCUT2D eigenvalue weighted by molar-refractivity contribution is 7.80. The summed E-state index contributed by atoms with van der Waals surface area (Å²) >= 11 is 5.65. The number of nitrogens with one attached hydrogen (secondary N) is 1. The molecule has 0 amide bonds. The molecule has 4 nitrogen and oxygen atoms in total. The summed E-state index contributed by atoms with van der Waals surface area (Å²) in [6.45, 7) is 3.09. The Morgan fingerprint density at radius 2 is 1.89 bits per heavy atom. The van der Waals surface area contributed by atoms with Gasteiger partial charge in [0.05, 0.1) is 11.7 Å². The van der Waals surface area contributed by atoms with Gasteiger partial charge in [-0.1, -0.05) is 49.7 Å². The largest absolute Gasteiger partial charge is 0.459 e. The second kappa shape index (κ2) is 7.92. The van der Waals surface area contributed by atoms with Gasteiger partial charge in [-0.2, -0.15) is 0 Å². The van der Waals surface area contributed by atoms with E-state index in [0.717, 1.165) is 47.3 Å². The fourth-order valence-corrected chi connectivity index (χ4v) is 3.88. The van der Waals surface area contributed by atoms with Crippen molar-refractivity contribution in [3.8, 4) is 11.3 Å². The van der Waals surface area contributed by atoms with Crippen molar-refractivity contribution in [2.24, 2.45) is 0 Å². The molecule has 3 aromatic rings. The SMILES string of the molecule is CCCCN1C(=S)N[C@H](c2ccccn2)[C@H]1c1ccc(-c2ccccc2)o1. The Bertz CT molecular complexity index is 894. The third-order valence-electron chi connectivity index (χ3n) is 4.93. The van der Waals surface area contributed by atoms with Crippen LogP contribution in [-0.4, -0.2) is 21.5 Å². The maximum Gasteiger partial charge on any atom is 0.170 e. The van der Waals surface area contributed by atoms with Gasteiger partial charge in [0.15, 0.2) is 5.11 Å². The van der Waals surface area contributed by atoms with E-state index in [9.17, 15) is 0 Å². The molecule has 1 saturated heterocycles. The average Bonchev–Trinajstić information content (AvgIpc) is 3.32. The summed E-state index contributed by atoms with van der Waals surface area (Å²) in [5, 5.41) is 4.23. The monoisotopic (exact) mass is 377 g/mol. The lowest BCUT2D eigenvalue weighted by Gasteiger charge is -2.25. The number of benzene rings is 1. The predicted molar refractivity (Wildman–Crippen MR) is 111 cm³/mol. The van der Waals surface area contributed by atoms with Crippen LogP contribution in [0.5, 0.6) is 0 Å². The van der Waals surface area contributed by atoms with E-state index in [1.807, 2.05) is 48.7 Å². The minimum absolute atomic E-state index is 0.00332. The van der Waals surface area contributed by atoms with Crippen molar-refractivity contribution < 1.29 is 4.42 Å². The Balaban J connectivity index is 1.70. The van der Waals surface area contributed by atoms with Gasteiger partial charge in [-0.3, -0.25) is 4.98 Å². The molecule has 0 unspecified atom stereocenters. The predicted octanol–water partition coefficient (Wildman–Crippen LogP) is 5.11. The fraction of sp³-hybridized carbons (Fsp3) is 0.273. The summed E-state index contributed by atoms with van der Waals surface area (Å²) in [6, 6.07) is 20.2. The number of hydrogen-bond donors (Lipinski definition) is 1. The number of aromatic nitrogens is 1. The molecular weight excluding hydrogens is 354 g/mol. The third-order valence-corrected chi connectivity index (χ3v) is 5.28. The summed E-state index contributed by atoms with van der Waals surface area (Å²) in [7, 11) is 0. The number of thiocarbonyl (C=S) groups is 1. The first-order valence-electron chi connectivity index (χ1n) is 9.41. The van der Waals surface area contributed by atoms with Crippen LogP contribution in [0.4, 0.5) is 0 Å². The van der Waals surface area contributed by atoms with E-state index >= 15 is 0 Å². The fourth-order valence-electron chi connectivity index (χ4n) is 3.55. The van der Waals surface area contributed by atoms with Crippen LogP contribution in [-0.2, 0) is 0 Å². The van der Waals surface area contributed by atoms with E-state index in [1.165, 1.54) is 0 Å². The first-order valence-corrected chi connectivity index (χ1v) is 9.82. The topological polar surface area (TPSA) is 41.3 Å². The van der Waals surface area contributed by atoms with Crippen LogP contribution in [0.3, 0.4) is 0 Å². The lowest BCUT2D eigenvalue weighted by molar-refractivity contribution is 0.271. The third kappa shape index (κ3) is 3.60. The van der Waals surface area contributed by atoms with Crippen LogP contribution < -0.4 is 5.32 Å². The minimum Gasteiger partial charge on any atom is -0.459 e. The molecule has 2 atom stereocenters. The zero-order chi connectivity index (χ0) is 18.6. The zero-order valence-electron chi connectivity index (χ0n) is 15.3. The van der Waals surface area contributed by atoms with Gasteiger partial charge in [-0.05, 0) is 42.9 Å². The van der Waals surface area contributed by atoms with Crippen molar-refractivity contribution in [2.45, 2.75) is 31.8 Å². The molecule has 27 heavy (non-hydrogen) atoms. The summed E-state index contributed by atoms with van der Waals surface area (Å²) in [4.78, 5) is 6.80. The molecule has 1 aliphatic heterocycles. The van der Waals surface area contributed by atoms with Crippen molar-refractivity contribution in [2.75, 3.05) is 6.54 Å². The Morgan fingerprint density at radius 3 is 2.63 bits per heavy atom. The van der Waals surface area contributed by atoms with Crippen LogP contribution in [0, 0.1) is 0 Å². The second-order valence-corrected chi connectivity index (χ2v) is 7.13. The summed E-state index contributed by atoms with van der Waals surface area (Å²) in [5.74, 6) is 1.78. The van der Waals surface area contributed by atoms with E-state index in [0.29, 0.717) is 0 Å². The molecule has 138 valence electrons. The average molecular weight is 378 g/mol. The number of rotatable bonds is 6. The number of furan rings is 1. The highest BCUT2D eigenvalue weighted by Crippen LogP contribution is 2.40. The van der Waals surface area contributed by atoms with E-state index < -0.39 is 0 Å². The first kappa shape index (κ1) is 17.7. The molecule has 1 aliphatic rings. The quantitative estimate of drug-likeness (QED) is 0.604. The van der Waals surface area contributed by atoms with Gasteiger partial charge >= 0.3 is 0 Å². The van der Waals surface area contributed by atoms with Gasteiger partial charge < -0.3 is 14.6 Å². The zero-order valence-corrected chi connectivity index (χ0v) is 16.2. The maximum atomic E-state index is 6.29. The van der Waals surface area contributed by atoms with Crippen molar-refractivity contribution in [1.29, 1.82) is 0 Å². The molecule has 0 saturated carbocycles. The molecular formula is C22H23N3OS. The van der Waals surface area contributed by atoms with Crippen LogP contribution >= 0.6 is 12.2 Å². The summed E-state index contributed by atoms with van der Waals surface area (Å²) in [5.41, 5.74) is 2.05. The van der Waals surface area contributed by atoms with Crippen LogP contribution in [0.1, 0.15) is 43.3 Å². The second-order valence-electron chi connectivity index (χ2n) is 6.74. The molecule has 1 fully saturated rings. The molecule has 0 bridgehead atoms. The molecule has 1 N–H and O–H groups in total. The van der Waals surface area contributed by atoms with E-state index in [4.69, 9.17) is 16.6 Å². The van der Waals surface area contributed by atoms with Crippen LogP contribution in [0.25, 0.3) is 11.3 Å². The van der Waals surface area contributed by atoms with E-state index in [-0.39, 0.29) is 12.1 Å². The molecule has 5 heteroatoms. The molecule has 1 aromatic carbocycles. The van der Waals surface area contributed by atoms with Crippen molar-refractivity contribution in [3.63, 3.8) is 0 Å². The molecule has 3 heterocycles. The molecule has 0 aliphatic carbocycles. The lowest BCUT2D eigenvalue weighted by Crippen LogP contribution is -2.30. The van der Waals surface area contributed by atoms with Gasteiger partial charge in [-0.25, -0.2) is 0 Å². The molecule has 4 rings (SSSR count). The Kier molecular flexibility index (Phi) is 5.21. The number of nitrogens with zero attached hydrogens (tertiary/aromatic N) is 2. The number of pyridine rings is 1. The maximum absolute atomic E-state index is 6.29. The van der Waals surface area contributed by atoms with Gasteiger partial charge in [0.1, 0.15) is 17.6 Å². The van der Waals surface area contributed by atoms with Crippen LogP contribution in [0.15, 0.2) is 71.3 Å². The lowest BCUT2D eigenvalue weighted by atomic mass is 10.0. The van der Waals surface area contributed by atoms with Crippen molar-refractivity contribution in [1.82, 2.24) is 15.2 Å². The molecule has 2 aromatic heterocycles. The van der Waals surface area contributed by atoms with Crippen molar-refractivity contribution in [3.05, 3.63) is 78.3 Å². The number of unbranched alkanes of at least 4 members (excludes halogenated alkanes) is 1. The van der Waals surface area contributed by atoms with Gasteiger partial charge in [0.25, 0.3) is 0 Å². The van der Waals surface area contributed by atoms with E-state index in [2.05, 4.69) is 40.3 Å². The molecule has 0 spiro atoms. The standard InChI is InChI=1S/C22H23N3OS/c1-2-3-15-25-21(20(24-22(25)27)17-11-7-8-14-23-17)19-13-12-18(26-19)16-9-5-4-6-10-16/h4-14,20-21H,2-3,15H2,1H3,(H,24,27)/t20-,21-/m1/s1. The minimum atomic E-state index is -0.0228. The van der Waals surface area contributed by atoms with Gasteiger partial charge in [0, 0.05) is 18.3 Å². The highest BCUT2D eigenvalue weighted by Gasteiger charge is 2.41. The Hall–Kier alpha value is -2.66. The molecule has 0 radical (unpaired) electrons. The van der Waals surface area contributed by atoms with Crippen LogP contribution in [0.2, 0.25) is 0 Å². The number of hydrogen-bond acceptors (Lipinski definition) is 3. The summed E-state index contributed by atoms with van der Waals surface area (Å²) < 4.78 is 6.29. The normalized spacial score (nSPS) is 19.3.